The van der Waals surface area contributed by atoms with Gasteiger partial charge < -0.3 is 11.1 Å². The van der Waals surface area contributed by atoms with E-state index in [1.807, 2.05) is 30.3 Å². The molecule has 4 nitrogen and oxygen atoms in total. The Bertz CT molecular complexity index is 676. The number of hydrogen-bond donors (Lipinski definition) is 2. The van der Waals surface area contributed by atoms with E-state index < -0.39 is 0 Å². The molecule has 1 aromatic heterocycles. The Kier molecular flexibility index (Phi) is 5.25. The van der Waals surface area contributed by atoms with Gasteiger partial charge in [0.2, 0.25) is 0 Å². The third-order valence-electron chi connectivity index (χ3n) is 2.64. The van der Waals surface area contributed by atoms with Gasteiger partial charge in [0.1, 0.15) is 5.15 Å². The molecule has 0 aliphatic rings. The van der Waals surface area contributed by atoms with Crippen molar-refractivity contribution in [3.63, 3.8) is 0 Å². The molecule has 3 N–H and O–H groups in total. The summed E-state index contributed by atoms with van der Waals surface area (Å²) in [6.07, 6.45) is 3.18. The standard InChI is InChI=1S/C15H14ClN3OS/c1-2-7-21-13-6-4-3-5-12(13)19-15(20)10-8-14(16)18-9-11(10)17/h2-6,8-9H,1,7,17H2,(H,19,20). The number of carbonyl (C=O) groups is 1. The number of hydrogen-bond acceptors (Lipinski definition) is 4. The van der Waals surface area contributed by atoms with E-state index >= 15 is 0 Å². The van der Waals surface area contributed by atoms with Crippen LogP contribution in [-0.2, 0) is 0 Å². The van der Waals surface area contributed by atoms with Crippen molar-refractivity contribution in [2.24, 2.45) is 0 Å². The summed E-state index contributed by atoms with van der Waals surface area (Å²) in [4.78, 5) is 17.1. The van der Waals surface area contributed by atoms with E-state index in [1.165, 1.54) is 12.3 Å². The molecule has 0 aliphatic heterocycles. The minimum absolute atomic E-state index is 0.226. The number of nitrogens with one attached hydrogen (secondary N) is 1. The highest BCUT2D eigenvalue weighted by atomic mass is 35.5. The molecule has 1 aromatic carbocycles. The number of nitrogen functional groups attached to an aromatic ring is 1. The molecule has 108 valence electrons. The molecule has 0 radical (unpaired) electrons. The zero-order valence-electron chi connectivity index (χ0n) is 11.2. The highest BCUT2D eigenvalue weighted by Crippen LogP contribution is 2.28. The second-order valence-corrected chi connectivity index (χ2v) is 5.59. The topological polar surface area (TPSA) is 68.0 Å². The Morgan fingerprint density at radius 3 is 3.00 bits per heavy atom. The number of rotatable bonds is 5. The van der Waals surface area contributed by atoms with E-state index in [9.17, 15) is 4.79 Å². The van der Waals surface area contributed by atoms with Gasteiger partial charge in [-0.1, -0.05) is 29.8 Å². The first-order valence-electron chi connectivity index (χ1n) is 6.17. The van der Waals surface area contributed by atoms with E-state index in [1.54, 1.807) is 11.8 Å². The van der Waals surface area contributed by atoms with Crippen molar-refractivity contribution < 1.29 is 4.79 Å². The maximum atomic E-state index is 12.3. The zero-order valence-corrected chi connectivity index (χ0v) is 12.7. The molecule has 0 saturated carbocycles. The third-order valence-corrected chi connectivity index (χ3v) is 3.91. The van der Waals surface area contributed by atoms with E-state index in [0.29, 0.717) is 5.56 Å². The first kappa shape index (κ1) is 15.4. The molecule has 0 unspecified atom stereocenters. The molecule has 0 aliphatic carbocycles. The summed E-state index contributed by atoms with van der Waals surface area (Å²) in [6.45, 7) is 3.69. The maximum absolute atomic E-state index is 12.3. The molecule has 0 saturated heterocycles. The second kappa shape index (κ2) is 7.15. The van der Waals surface area contributed by atoms with Crippen LogP contribution in [-0.4, -0.2) is 16.6 Å². The number of thioether (sulfide) groups is 1. The number of nitrogens with two attached hydrogens (primary N) is 1. The van der Waals surface area contributed by atoms with Crippen molar-refractivity contribution in [1.29, 1.82) is 0 Å². The molecule has 0 atom stereocenters. The number of anilines is 2. The predicted molar refractivity (Wildman–Crippen MR) is 89.0 cm³/mol. The maximum Gasteiger partial charge on any atom is 0.257 e. The van der Waals surface area contributed by atoms with Gasteiger partial charge in [-0.2, -0.15) is 0 Å². The molecular weight excluding hydrogens is 306 g/mol. The molecule has 1 amide bonds. The predicted octanol–water partition coefficient (Wildman–Crippen LogP) is 3.85. The minimum atomic E-state index is -0.316. The van der Waals surface area contributed by atoms with Crippen LogP contribution in [0.1, 0.15) is 10.4 Å². The highest BCUT2D eigenvalue weighted by Gasteiger charge is 2.13. The summed E-state index contributed by atoms with van der Waals surface area (Å²) in [5.41, 5.74) is 7.08. The monoisotopic (exact) mass is 319 g/mol. The average Bonchev–Trinajstić information content (AvgIpc) is 2.48. The Morgan fingerprint density at radius 2 is 2.24 bits per heavy atom. The quantitative estimate of drug-likeness (QED) is 0.499. The molecule has 21 heavy (non-hydrogen) atoms. The molecule has 0 spiro atoms. The van der Waals surface area contributed by atoms with E-state index in [-0.39, 0.29) is 16.7 Å². The summed E-state index contributed by atoms with van der Waals surface area (Å²) in [5.74, 6) is 0.444. The molecule has 0 bridgehead atoms. The number of carbonyl (C=O) groups excluding carboxylic acids is 1. The second-order valence-electron chi connectivity index (χ2n) is 4.14. The van der Waals surface area contributed by atoms with Crippen LogP contribution in [0.2, 0.25) is 5.15 Å². The Labute approximate surface area is 132 Å². The van der Waals surface area contributed by atoms with Crippen molar-refractivity contribution in [2.45, 2.75) is 4.90 Å². The molecule has 2 aromatic rings. The largest absolute Gasteiger partial charge is 0.397 e. The molecule has 1 heterocycles. The number of halogens is 1. The van der Waals surface area contributed by atoms with Crippen LogP contribution < -0.4 is 11.1 Å². The van der Waals surface area contributed by atoms with Crippen LogP contribution >= 0.6 is 23.4 Å². The van der Waals surface area contributed by atoms with Gasteiger partial charge >= 0.3 is 0 Å². The summed E-state index contributed by atoms with van der Waals surface area (Å²) >= 11 is 7.39. The molecule has 0 fully saturated rings. The lowest BCUT2D eigenvalue weighted by atomic mass is 10.2. The van der Waals surface area contributed by atoms with Crippen LogP contribution in [0.4, 0.5) is 11.4 Å². The van der Waals surface area contributed by atoms with Gasteiger partial charge in [0.25, 0.3) is 5.91 Å². The zero-order chi connectivity index (χ0) is 15.2. The van der Waals surface area contributed by atoms with Crippen LogP contribution in [0.5, 0.6) is 0 Å². The van der Waals surface area contributed by atoms with Gasteiger partial charge in [-0.05, 0) is 18.2 Å². The SMILES string of the molecule is C=CCSc1ccccc1NC(=O)c1cc(Cl)ncc1N. The fourth-order valence-electron chi connectivity index (χ4n) is 1.67. The van der Waals surface area contributed by atoms with Gasteiger partial charge in [-0.3, -0.25) is 4.79 Å². The van der Waals surface area contributed by atoms with Gasteiger partial charge in [-0.25, -0.2) is 4.98 Å². The first-order chi connectivity index (χ1) is 10.1. The van der Waals surface area contributed by atoms with Crippen molar-refractivity contribution in [2.75, 3.05) is 16.8 Å². The minimum Gasteiger partial charge on any atom is -0.397 e. The lowest BCUT2D eigenvalue weighted by molar-refractivity contribution is 0.102. The van der Waals surface area contributed by atoms with Crippen molar-refractivity contribution in [1.82, 2.24) is 4.98 Å². The summed E-state index contributed by atoms with van der Waals surface area (Å²) in [6, 6.07) is 9.00. The lowest BCUT2D eigenvalue weighted by Crippen LogP contribution is -2.15. The van der Waals surface area contributed by atoms with Crippen LogP contribution in [0.25, 0.3) is 0 Å². The molecule has 6 heteroatoms. The summed E-state index contributed by atoms with van der Waals surface area (Å²) < 4.78 is 0. The average molecular weight is 320 g/mol. The van der Waals surface area contributed by atoms with Gasteiger partial charge in [0, 0.05) is 10.6 Å². The fraction of sp³-hybridized carbons (Fsp3) is 0.0667. The van der Waals surface area contributed by atoms with Crippen molar-refractivity contribution in [3.8, 4) is 0 Å². The number of para-hydroxylation sites is 1. The summed E-state index contributed by atoms with van der Waals surface area (Å²) in [7, 11) is 0. The number of amides is 1. The highest BCUT2D eigenvalue weighted by molar-refractivity contribution is 7.99. The van der Waals surface area contributed by atoms with Gasteiger partial charge in [0.05, 0.1) is 23.1 Å². The Balaban J connectivity index is 2.23. The van der Waals surface area contributed by atoms with Gasteiger partial charge in [-0.15, -0.1) is 18.3 Å². The van der Waals surface area contributed by atoms with Crippen molar-refractivity contribution in [3.05, 3.63) is 59.9 Å². The number of aromatic nitrogens is 1. The first-order valence-corrected chi connectivity index (χ1v) is 7.53. The number of nitrogens with zero attached hydrogens (tertiary/aromatic N) is 1. The van der Waals surface area contributed by atoms with E-state index in [2.05, 4.69) is 16.9 Å². The Hall–Kier alpha value is -1.98. The lowest BCUT2D eigenvalue weighted by Gasteiger charge is -2.11. The number of benzene rings is 1. The smallest absolute Gasteiger partial charge is 0.257 e. The van der Waals surface area contributed by atoms with Crippen LogP contribution in [0, 0.1) is 0 Å². The number of pyridine rings is 1. The normalized spacial score (nSPS) is 10.1. The Morgan fingerprint density at radius 1 is 1.48 bits per heavy atom. The molecular formula is C15H14ClN3OS. The van der Waals surface area contributed by atoms with E-state index in [0.717, 1.165) is 16.3 Å². The fourth-order valence-corrected chi connectivity index (χ4v) is 2.58. The van der Waals surface area contributed by atoms with Crippen LogP contribution in [0.3, 0.4) is 0 Å². The van der Waals surface area contributed by atoms with Crippen molar-refractivity contribution >= 4 is 40.6 Å². The van der Waals surface area contributed by atoms with Crippen LogP contribution in [0.15, 0.2) is 54.1 Å². The molecule has 2 rings (SSSR count). The van der Waals surface area contributed by atoms with E-state index in [4.69, 9.17) is 17.3 Å². The third kappa shape index (κ3) is 4.00. The van der Waals surface area contributed by atoms with Gasteiger partial charge in [0.15, 0.2) is 0 Å². The summed E-state index contributed by atoms with van der Waals surface area (Å²) in [5, 5.41) is 3.07.